The molecule has 2 atom stereocenters. The lowest BCUT2D eigenvalue weighted by atomic mass is 10.0. The van der Waals surface area contributed by atoms with E-state index in [0.29, 0.717) is 12.1 Å². The Labute approximate surface area is 83.2 Å². The third-order valence-electron chi connectivity index (χ3n) is 2.08. The number of rotatable bonds is 4. The first-order valence-corrected chi connectivity index (χ1v) is 4.53. The van der Waals surface area contributed by atoms with Gasteiger partial charge >= 0.3 is 0 Å². The van der Waals surface area contributed by atoms with Gasteiger partial charge in [0.2, 0.25) is 0 Å². The maximum Gasteiger partial charge on any atom is 0.0805 e. The summed E-state index contributed by atoms with van der Waals surface area (Å²) in [5.74, 6) is 0. The van der Waals surface area contributed by atoms with Crippen molar-refractivity contribution >= 4 is 5.69 Å². The van der Waals surface area contributed by atoms with Crippen LogP contribution >= 0.6 is 0 Å². The lowest BCUT2D eigenvalue weighted by Crippen LogP contribution is -2.26. The zero-order valence-electron chi connectivity index (χ0n) is 7.93. The Hall–Kier alpha value is -1.10. The molecule has 4 nitrogen and oxygen atoms in total. The van der Waals surface area contributed by atoms with Crippen molar-refractivity contribution in [2.75, 3.05) is 12.3 Å². The quantitative estimate of drug-likeness (QED) is 0.510. The molecule has 0 radical (unpaired) electrons. The van der Waals surface area contributed by atoms with E-state index in [2.05, 4.69) is 0 Å². The first-order chi connectivity index (χ1) is 6.63. The van der Waals surface area contributed by atoms with Gasteiger partial charge in [0, 0.05) is 11.7 Å². The molecule has 0 saturated carbocycles. The second-order valence-electron chi connectivity index (χ2n) is 3.36. The molecule has 1 aromatic carbocycles. The molecule has 0 aliphatic heterocycles. The highest BCUT2D eigenvalue weighted by molar-refractivity contribution is 5.39. The Morgan fingerprint density at radius 1 is 1.21 bits per heavy atom. The second kappa shape index (κ2) is 4.95. The van der Waals surface area contributed by atoms with Crippen LogP contribution in [0, 0.1) is 0 Å². The van der Waals surface area contributed by atoms with E-state index in [-0.39, 0.29) is 12.6 Å². The molecule has 0 amide bonds. The van der Waals surface area contributed by atoms with Gasteiger partial charge in [-0.1, -0.05) is 12.1 Å². The topological polar surface area (TPSA) is 92.5 Å². The van der Waals surface area contributed by atoms with E-state index in [1.165, 1.54) is 0 Å². The third-order valence-corrected chi connectivity index (χ3v) is 2.08. The number of hydrogen-bond acceptors (Lipinski definition) is 4. The number of nitrogen functional groups attached to an aromatic ring is 1. The van der Waals surface area contributed by atoms with Crippen LogP contribution in [-0.2, 0) is 0 Å². The number of benzene rings is 1. The van der Waals surface area contributed by atoms with Gasteiger partial charge in [0.25, 0.3) is 0 Å². The van der Waals surface area contributed by atoms with Crippen molar-refractivity contribution in [1.82, 2.24) is 0 Å². The average molecular weight is 196 g/mol. The summed E-state index contributed by atoms with van der Waals surface area (Å²) in [7, 11) is 0. The zero-order valence-corrected chi connectivity index (χ0v) is 7.93. The average Bonchev–Trinajstić information content (AvgIpc) is 2.18. The monoisotopic (exact) mass is 196 g/mol. The predicted molar refractivity (Wildman–Crippen MR) is 55.5 cm³/mol. The van der Waals surface area contributed by atoms with Crippen molar-refractivity contribution in [1.29, 1.82) is 0 Å². The summed E-state index contributed by atoms with van der Waals surface area (Å²) in [6.45, 7) is -0.119. The van der Waals surface area contributed by atoms with E-state index in [4.69, 9.17) is 16.6 Å². The molecule has 0 bridgehead atoms. The van der Waals surface area contributed by atoms with Crippen molar-refractivity contribution < 1.29 is 10.2 Å². The molecular formula is C10H16N2O2. The molecule has 0 unspecified atom stereocenters. The van der Waals surface area contributed by atoms with Crippen LogP contribution < -0.4 is 11.5 Å². The Morgan fingerprint density at radius 2 is 1.79 bits per heavy atom. The van der Waals surface area contributed by atoms with Gasteiger partial charge in [-0.15, -0.1) is 0 Å². The largest absolute Gasteiger partial charge is 0.399 e. The molecule has 6 N–H and O–H groups in total. The van der Waals surface area contributed by atoms with E-state index in [1.807, 2.05) is 0 Å². The summed E-state index contributed by atoms with van der Waals surface area (Å²) in [6.07, 6.45) is -0.293. The van der Waals surface area contributed by atoms with Crippen molar-refractivity contribution in [2.24, 2.45) is 5.73 Å². The molecule has 4 heteroatoms. The van der Waals surface area contributed by atoms with Crippen LogP contribution in [0.1, 0.15) is 18.1 Å². The highest BCUT2D eigenvalue weighted by atomic mass is 16.3. The summed E-state index contributed by atoms with van der Waals surface area (Å²) in [5.41, 5.74) is 12.4. The van der Waals surface area contributed by atoms with Crippen LogP contribution in [0.4, 0.5) is 5.69 Å². The van der Waals surface area contributed by atoms with Crippen LogP contribution in [0.2, 0.25) is 0 Å². The van der Waals surface area contributed by atoms with Crippen LogP contribution in [0.25, 0.3) is 0 Å². The number of aliphatic hydroxyl groups excluding tert-OH is 2. The molecule has 1 aromatic rings. The number of hydrogen-bond donors (Lipinski definition) is 4. The van der Waals surface area contributed by atoms with Crippen LogP contribution in [0.5, 0.6) is 0 Å². The lowest BCUT2D eigenvalue weighted by Gasteiger charge is -2.14. The number of anilines is 1. The minimum absolute atomic E-state index is 0.119. The number of aliphatic hydroxyl groups is 2. The van der Waals surface area contributed by atoms with Gasteiger partial charge in [-0.3, -0.25) is 0 Å². The first kappa shape index (κ1) is 11.0. The molecule has 0 aliphatic carbocycles. The van der Waals surface area contributed by atoms with E-state index in [1.54, 1.807) is 24.3 Å². The molecule has 0 saturated heterocycles. The first-order valence-electron chi connectivity index (χ1n) is 4.53. The maximum atomic E-state index is 9.68. The SMILES string of the molecule is Nc1ccc([C@@H](O)C[C@H](N)CO)cc1. The Bertz CT molecular complexity index is 274. The molecule has 0 heterocycles. The van der Waals surface area contributed by atoms with Crippen molar-refractivity contribution in [3.63, 3.8) is 0 Å². The van der Waals surface area contributed by atoms with Crippen molar-refractivity contribution in [3.05, 3.63) is 29.8 Å². The van der Waals surface area contributed by atoms with Gasteiger partial charge in [0.1, 0.15) is 0 Å². The van der Waals surface area contributed by atoms with Gasteiger partial charge < -0.3 is 21.7 Å². The standard InChI is InChI=1S/C10H16N2O2/c11-8-3-1-7(2-4-8)10(14)5-9(12)6-13/h1-4,9-10,13-14H,5-6,11-12H2/t9-,10-/m0/s1. The minimum Gasteiger partial charge on any atom is -0.399 e. The highest BCUT2D eigenvalue weighted by Gasteiger charge is 2.11. The summed E-state index contributed by atoms with van der Waals surface area (Å²) in [5, 5.41) is 18.4. The molecular weight excluding hydrogens is 180 g/mol. The zero-order chi connectivity index (χ0) is 10.6. The second-order valence-corrected chi connectivity index (χ2v) is 3.36. The third kappa shape index (κ3) is 2.99. The number of nitrogens with two attached hydrogens (primary N) is 2. The fourth-order valence-electron chi connectivity index (χ4n) is 1.22. The van der Waals surface area contributed by atoms with Crippen LogP contribution in [0.15, 0.2) is 24.3 Å². The summed E-state index contributed by atoms with van der Waals surface area (Å²) >= 11 is 0. The normalized spacial score (nSPS) is 15.1. The van der Waals surface area contributed by atoms with Gasteiger partial charge in [0.05, 0.1) is 12.7 Å². The Morgan fingerprint density at radius 3 is 2.29 bits per heavy atom. The van der Waals surface area contributed by atoms with Crippen LogP contribution in [0.3, 0.4) is 0 Å². The maximum absolute atomic E-state index is 9.68. The molecule has 0 aliphatic rings. The Balaban J connectivity index is 2.60. The molecule has 0 spiro atoms. The van der Waals surface area contributed by atoms with Crippen molar-refractivity contribution in [3.8, 4) is 0 Å². The van der Waals surface area contributed by atoms with E-state index in [0.717, 1.165) is 5.56 Å². The summed E-state index contributed by atoms with van der Waals surface area (Å²) in [6, 6.07) is 6.57. The summed E-state index contributed by atoms with van der Waals surface area (Å²) in [4.78, 5) is 0. The fourth-order valence-corrected chi connectivity index (χ4v) is 1.22. The van der Waals surface area contributed by atoms with Crippen LogP contribution in [-0.4, -0.2) is 22.9 Å². The summed E-state index contributed by atoms with van der Waals surface area (Å²) < 4.78 is 0. The highest BCUT2D eigenvalue weighted by Crippen LogP contribution is 2.18. The van der Waals surface area contributed by atoms with Gasteiger partial charge in [-0.25, -0.2) is 0 Å². The van der Waals surface area contributed by atoms with Gasteiger partial charge in [-0.2, -0.15) is 0 Å². The fraction of sp³-hybridized carbons (Fsp3) is 0.400. The molecule has 14 heavy (non-hydrogen) atoms. The molecule has 0 aromatic heterocycles. The van der Waals surface area contributed by atoms with Crippen molar-refractivity contribution in [2.45, 2.75) is 18.6 Å². The van der Waals surface area contributed by atoms with Gasteiger partial charge in [0.15, 0.2) is 0 Å². The smallest absolute Gasteiger partial charge is 0.0805 e. The van der Waals surface area contributed by atoms with E-state index < -0.39 is 6.10 Å². The lowest BCUT2D eigenvalue weighted by molar-refractivity contribution is 0.140. The Kier molecular flexibility index (Phi) is 3.88. The van der Waals surface area contributed by atoms with Gasteiger partial charge in [-0.05, 0) is 24.1 Å². The predicted octanol–water partition coefficient (Wildman–Crippen LogP) is 0.0119. The minimum atomic E-state index is -0.641. The van der Waals surface area contributed by atoms with E-state index >= 15 is 0 Å². The molecule has 78 valence electrons. The molecule has 0 fully saturated rings. The van der Waals surface area contributed by atoms with E-state index in [9.17, 15) is 5.11 Å². The molecule has 1 rings (SSSR count).